The van der Waals surface area contributed by atoms with Crippen molar-refractivity contribution >= 4 is 17.9 Å². The molecule has 0 spiro atoms. The second-order valence-electron chi connectivity index (χ2n) is 5.35. The number of carbonyl (C=O) groups is 3. The van der Waals surface area contributed by atoms with E-state index in [4.69, 9.17) is 5.11 Å². The molecule has 0 saturated carbocycles. The Labute approximate surface area is 224 Å². The SMILES string of the molecule is COC(=O)c1ccc(O)cc1.O=C([O-])c1ccccc1.O=C([O-])c1ccccc1.[Na+].[Na+]. The summed E-state index contributed by atoms with van der Waals surface area (Å²) in [6.45, 7) is 0. The van der Waals surface area contributed by atoms with E-state index < -0.39 is 17.9 Å². The minimum Gasteiger partial charge on any atom is -0.545 e. The quantitative estimate of drug-likeness (QED) is 0.320. The Hall–Kier alpha value is -2.13. The van der Waals surface area contributed by atoms with Gasteiger partial charge in [-0.05, 0) is 35.4 Å². The Kier molecular flexibility index (Phi) is 17.6. The summed E-state index contributed by atoms with van der Waals surface area (Å²) in [6, 6.07) is 22.0. The molecule has 9 heteroatoms. The van der Waals surface area contributed by atoms with Crippen LogP contribution >= 0.6 is 0 Å². The molecule has 0 fully saturated rings. The van der Waals surface area contributed by atoms with Crippen molar-refractivity contribution in [1.29, 1.82) is 0 Å². The van der Waals surface area contributed by atoms with Crippen LogP contribution in [-0.2, 0) is 4.74 Å². The summed E-state index contributed by atoms with van der Waals surface area (Å²) < 4.78 is 4.46. The van der Waals surface area contributed by atoms with Crippen LogP contribution in [0.2, 0.25) is 0 Å². The monoisotopic (exact) mass is 440 g/mol. The van der Waals surface area contributed by atoms with Gasteiger partial charge in [-0.3, -0.25) is 0 Å². The van der Waals surface area contributed by atoms with Gasteiger partial charge in [0.05, 0.1) is 24.6 Å². The van der Waals surface area contributed by atoms with Gasteiger partial charge in [0.2, 0.25) is 0 Å². The summed E-state index contributed by atoms with van der Waals surface area (Å²) >= 11 is 0. The number of methoxy groups -OCH3 is 1. The van der Waals surface area contributed by atoms with E-state index in [9.17, 15) is 24.6 Å². The van der Waals surface area contributed by atoms with Crippen LogP contribution in [0.1, 0.15) is 31.1 Å². The van der Waals surface area contributed by atoms with Gasteiger partial charge < -0.3 is 29.6 Å². The number of rotatable bonds is 3. The molecule has 3 aromatic carbocycles. The molecule has 31 heavy (non-hydrogen) atoms. The summed E-state index contributed by atoms with van der Waals surface area (Å²) in [5, 5.41) is 29.0. The van der Waals surface area contributed by atoms with Crippen LogP contribution in [0.5, 0.6) is 5.75 Å². The number of esters is 1. The van der Waals surface area contributed by atoms with Crippen molar-refractivity contribution < 1.29 is 93.6 Å². The zero-order valence-electron chi connectivity index (χ0n) is 17.5. The first-order chi connectivity index (χ1) is 13.8. The minimum atomic E-state index is -1.13. The van der Waals surface area contributed by atoms with E-state index in [0.29, 0.717) is 5.56 Å². The molecule has 0 unspecified atom stereocenters. The number of phenolic OH excluding ortho intramolecular Hbond substituents is 1. The smallest absolute Gasteiger partial charge is 0.545 e. The summed E-state index contributed by atoms with van der Waals surface area (Å²) in [5.41, 5.74) is 0.875. The van der Waals surface area contributed by atoms with Gasteiger partial charge in [-0.15, -0.1) is 0 Å². The first kappa shape index (κ1) is 31.1. The molecule has 0 aliphatic rings. The standard InChI is InChI=1S/C8H8O3.2C7H6O2.2Na/c1-11-8(10)6-2-4-7(9)5-3-6;2*8-7(9)6-4-2-1-3-5-6;;/h2-5,9H,1H3;2*1-5H,(H,8,9);;/q;;;2*+1/p-2. The molecule has 0 radical (unpaired) electrons. The molecule has 0 heterocycles. The molecular formula is C22H18Na2O7. The van der Waals surface area contributed by atoms with E-state index in [-0.39, 0.29) is 76.0 Å². The summed E-state index contributed by atoms with van der Waals surface area (Å²) in [7, 11) is 1.31. The van der Waals surface area contributed by atoms with E-state index in [1.165, 1.54) is 55.6 Å². The minimum absolute atomic E-state index is 0. The topological polar surface area (TPSA) is 127 Å². The van der Waals surface area contributed by atoms with Crippen LogP contribution in [0.3, 0.4) is 0 Å². The van der Waals surface area contributed by atoms with Crippen molar-refractivity contribution in [3.63, 3.8) is 0 Å². The number of aromatic carboxylic acids is 2. The zero-order valence-corrected chi connectivity index (χ0v) is 21.5. The van der Waals surface area contributed by atoms with Crippen molar-refractivity contribution in [2.75, 3.05) is 7.11 Å². The van der Waals surface area contributed by atoms with Crippen LogP contribution in [0.4, 0.5) is 0 Å². The molecule has 1 N–H and O–H groups in total. The maximum absolute atomic E-state index is 10.8. The number of hydrogen-bond acceptors (Lipinski definition) is 7. The fourth-order valence-corrected chi connectivity index (χ4v) is 1.86. The van der Waals surface area contributed by atoms with Gasteiger partial charge in [-0.2, -0.15) is 0 Å². The van der Waals surface area contributed by atoms with E-state index >= 15 is 0 Å². The van der Waals surface area contributed by atoms with Crippen molar-refractivity contribution in [3.8, 4) is 5.75 Å². The Morgan fingerprint density at radius 3 is 1.26 bits per heavy atom. The fraction of sp³-hybridized carbons (Fsp3) is 0.0455. The second kappa shape index (κ2) is 17.5. The first-order valence-corrected chi connectivity index (χ1v) is 8.25. The van der Waals surface area contributed by atoms with Crippen molar-refractivity contribution in [1.82, 2.24) is 0 Å². The number of hydrogen-bond donors (Lipinski definition) is 1. The van der Waals surface area contributed by atoms with Crippen molar-refractivity contribution in [2.45, 2.75) is 0 Å². The molecule has 0 aromatic heterocycles. The Bertz CT molecular complexity index is 866. The van der Waals surface area contributed by atoms with Gasteiger partial charge in [-0.25, -0.2) is 4.79 Å². The third-order valence-corrected chi connectivity index (χ3v) is 3.31. The molecule has 150 valence electrons. The predicted octanol–water partition coefficient (Wildman–Crippen LogP) is -4.71. The number of benzene rings is 3. The van der Waals surface area contributed by atoms with Crippen LogP contribution in [0.15, 0.2) is 84.9 Å². The van der Waals surface area contributed by atoms with Gasteiger partial charge in [0.1, 0.15) is 5.75 Å². The molecule has 0 bridgehead atoms. The van der Waals surface area contributed by atoms with Crippen molar-refractivity contribution in [2.24, 2.45) is 0 Å². The predicted molar refractivity (Wildman–Crippen MR) is 101 cm³/mol. The molecule has 0 aliphatic carbocycles. The van der Waals surface area contributed by atoms with Crippen LogP contribution in [0, 0.1) is 0 Å². The van der Waals surface area contributed by atoms with Gasteiger partial charge in [0, 0.05) is 0 Å². The Morgan fingerprint density at radius 2 is 1.00 bits per heavy atom. The zero-order chi connectivity index (χ0) is 21.6. The molecule has 0 aliphatic heterocycles. The molecule has 7 nitrogen and oxygen atoms in total. The normalized spacial score (nSPS) is 8.42. The average molecular weight is 440 g/mol. The summed E-state index contributed by atoms with van der Waals surface area (Å²) in [6.07, 6.45) is 0. The molecule has 0 saturated heterocycles. The Morgan fingerprint density at radius 1 is 0.645 bits per heavy atom. The average Bonchev–Trinajstić information content (AvgIpc) is 2.76. The van der Waals surface area contributed by atoms with Crippen LogP contribution in [0.25, 0.3) is 0 Å². The van der Waals surface area contributed by atoms with Crippen molar-refractivity contribution in [3.05, 3.63) is 102 Å². The van der Waals surface area contributed by atoms with E-state index in [2.05, 4.69) is 4.74 Å². The van der Waals surface area contributed by atoms with E-state index in [0.717, 1.165) is 0 Å². The number of phenols is 1. The maximum atomic E-state index is 10.8. The molecule has 3 rings (SSSR count). The van der Waals surface area contributed by atoms with Crippen LogP contribution in [-0.4, -0.2) is 30.1 Å². The number of ether oxygens (including phenoxy) is 1. The third kappa shape index (κ3) is 13.0. The van der Waals surface area contributed by atoms with Gasteiger partial charge in [0.25, 0.3) is 0 Å². The van der Waals surface area contributed by atoms with Gasteiger partial charge >= 0.3 is 65.1 Å². The first-order valence-electron chi connectivity index (χ1n) is 8.25. The summed E-state index contributed by atoms with van der Waals surface area (Å²) in [4.78, 5) is 31.0. The Balaban J connectivity index is 0. The second-order valence-corrected chi connectivity index (χ2v) is 5.35. The van der Waals surface area contributed by atoms with E-state index in [1.807, 2.05) is 0 Å². The molecule has 3 aromatic rings. The van der Waals surface area contributed by atoms with Gasteiger partial charge in [0.15, 0.2) is 0 Å². The number of carbonyl (C=O) groups excluding carboxylic acids is 3. The van der Waals surface area contributed by atoms with Gasteiger partial charge in [-0.1, -0.05) is 60.7 Å². The number of carboxylic acid groups (broad SMARTS) is 2. The molecule has 0 amide bonds. The molecule has 0 atom stereocenters. The fourth-order valence-electron chi connectivity index (χ4n) is 1.86. The van der Waals surface area contributed by atoms with Crippen LogP contribution < -0.4 is 69.3 Å². The van der Waals surface area contributed by atoms with E-state index in [1.54, 1.807) is 36.4 Å². The summed E-state index contributed by atoms with van der Waals surface area (Å²) in [5.74, 6) is -2.52. The third-order valence-electron chi connectivity index (χ3n) is 3.31. The number of aromatic hydroxyl groups is 1. The molecular weight excluding hydrogens is 422 g/mol. The largest absolute Gasteiger partial charge is 1.00 e. The number of carboxylic acids is 2. The maximum Gasteiger partial charge on any atom is 1.00 e.